The molecule has 0 bridgehead atoms. The van der Waals surface area contributed by atoms with Crippen LogP contribution in [0.5, 0.6) is 0 Å². The number of rotatable bonds is 4. The van der Waals surface area contributed by atoms with Crippen molar-refractivity contribution in [3.8, 4) is 0 Å². The van der Waals surface area contributed by atoms with Gasteiger partial charge in [0, 0.05) is 12.6 Å². The van der Waals surface area contributed by atoms with E-state index in [0.29, 0.717) is 12.6 Å². The molecule has 0 aliphatic carbocycles. The molecule has 1 rings (SSSR count). The van der Waals surface area contributed by atoms with E-state index in [2.05, 4.69) is 22.9 Å². The molecule has 0 spiro atoms. The molecule has 1 aliphatic heterocycles. The summed E-state index contributed by atoms with van der Waals surface area (Å²) in [5, 5.41) is 9.38. The SMILES string of the molecule is CNC(C)CNC(=O)C1(C)CCCCN1. The zero-order valence-corrected chi connectivity index (χ0v) is 10.0. The van der Waals surface area contributed by atoms with Crippen LogP contribution in [0.3, 0.4) is 0 Å². The fourth-order valence-corrected chi connectivity index (χ4v) is 1.79. The first-order chi connectivity index (χ1) is 7.08. The van der Waals surface area contributed by atoms with Crippen molar-refractivity contribution in [3.63, 3.8) is 0 Å². The number of carbonyl (C=O) groups is 1. The van der Waals surface area contributed by atoms with Crippen LogP contribution >= 0.6 is 0 Å². The lowest BCUT2D eigenvalue weighted by molar-refractivity contribution is -0.128. The lowest BCUT2D eigenvalue weighted by atomic mass is 9.90. The van der Waals surface area contributed by atoms with Crippen molar-refractivity contribution in [2.45, 2.75) is 44.7 Å². The Morgan fingerprint density at radius 3 is 2.80 bits per heavy atom. The summed E-state index contributed by atoms with van der Waals surface area (Å²) in [6.45, 7) is 5.68. The van der Waals surface area contributed by atoms with Gasteiger partial charge in [-0.1, -0.05) is 0 Å². The van der Waals surface area contributed by atoms with Gasteiger partial charge >= 0.3 is 0 Å². The summed E-state index contributed by atoms with van der Waals surface area (Å²) in [7, 11) is 1.90. The summed E-state index contributed by atoms with van der Waals surface area (Å²) in [5.74, 6) is 0.129. The fourth-order valence-electron chi connectivity index (χ4n) is 1.79. The fraction of sp³-hybridized carbons (Fsp3) is 0.909. The van der Waals surface area contributed by atoms with E-state index in [9.17, 15) is 4.79 Å². The minimum Gasteiger partial charge on any atom is -0.353 e. The zero-order chi connectivity index (χ0) is 11.3. The second kappa shape index (κ2) is 5.47. The second-order valence-corrected chi connectivity index (χ2v) is 4.62. The molecule has 4 nitrogen and oxygen atoms in total. The first-order valence-electron chi connectivity index (χ1n) is 5.79. The Kier molecular flexibility index (Phi) is 4.54. The summed E-state index contributed by atoms with van der Waals surface area (Å²) in [4.78, 5) is 11.9. The van der Waals surface area contributed by atoms with E-state index in [4.69, 9.17) is 0 Å². The molecular weight excluding hydrogens is 190 g/mol. The maximum atomic E-state index is 11.9. The Morgan fingerprint density at radius 1 is 1.53 bits per heavy atom. The topological polar surface area (TPSA) is 53.2 Å². The van der Waals surface area contributed by atoms with Gasteiger partial charge in [0.15, 0.2) is 0 Å². The zero-order valence-electron chi connectivity index (χ0n) is 10.0. The predicted octanol–water partition coefficient (Wildman–Crippen LogP) is 0.243. The van der Waals surface area contributed by atoms with Crippen LogP contribution in [0, 0.1) is 0 Å². The van der Waals surface area contributed by atoms with E-state index >= 15 is 0 Å². The van der Waals surface area contributed by atoms with Crippen molar-refractivity contribution < 1.29 is 4.79 Å². The average molecular weight is 213 g/mol. The minimum absolute atomic E-state index is 0.129. The monoisotopic (exact) mass is 213 g/mol. The minimum atomic E-state index is -0.355. The van der Waals surface area contributed by atoms with Crippen LogP contribution in [0.25, 0.3) is 0 Å². The van der Waals surface area contributed by atoms with Crippen molar-refractivity contribution in [2.24, 2.45) is 0 Å². The van der Waals surface area contributed by atoms with Gasteiger partial charge in [-0.05, 0) is 46.7 Å². The highest BCUT2D eigenvalue weighted by molar-refractivity contribution is 5.85. The third-order valence-corrected chi connectivity index (χ3v) is 3.18. The van der Waals surface area contributed by atoms with Crippen LogP contribution in [-0.2, 0) is 4.79 Å². The molecule has 0 radical (unpaired) electrons. The molecular formula is C11H23N3O. The molecule has 1 heterocycles. The average Bonchev–Trinajstić information content (AvgIpc) is 2.26. The Labute approximate surface area is 92.2 Å². The summed E-state index contributed by atoms with van der Waals surface area (Å²) in [5.41, 5.74) is -0.355. The molecule has 2 atom stereocenters. The maximum absolute atomic E-state index is 11.9. The van der Waals surface area contributed by atoms with Crippen molar-refractivity contribution in [1.82, 2.24) is 16.0 Å². The molecule has 1 saturated heterocycles. The third-order valence-electron chi connectivity index (χ3n) is 3.18. The number of carbonyl (C=O) groups excluding carboxylic acids is 1. The predicted molar refractivity (Wildman–Crippen MR) is 61.8 cm³/mol. The van der Waals surface area contributed by atoms with Gasteiger partial charge in [0.05, 0.1) is 5.54 Å². The van der Waals surface area contributed by atoms with Gasteiger partial charge in [0.1, 0.15) is 0 Å². The highest BCUT2D eigenvalue weighted by Gasteiger charge is 2.33. The molecule has 0 aromatic heterocycles. The van der Waals surface area contributed by atoms with E-state index < -0.39 is 0 Å². The summed E-state index contributed by atoms with van der Waals surface area (Å²) in [6.07, 6.45) is 3.25. The van der Waals surface area contributed by atoms with Gasteiger partial charge in [-0.25, -0.2) is 0 Å². The van der Waals surface area contributed by atoms with Gasteiger partial charge in [0.25, 0.3) is 0 Å². The Morgan fingerprint density at radius 2 is 2.27 bits per heavy atom. The van der Waals surface area contributed by atoms with Gasteiger partial charge in [-0.15, -0.1) is 0 Å². The number of hydrogen-bond acceptors (Lipinski definition) is 3. The lowest BCUT2D eigenvalue weighted by Crippen LogP contribution is -2.58. The lowest BCUT2D eigenvalue weighted by Gasteiger charge is -2.33. The molecule has 1 aliphatic rings. The van der Waals surface area contributed by atoms with Crippen LogP contribution in [-0.4, -0.2) is 37.6 Å². The molecule has 15 heavy (non-hydrogen) atoms. The number of hydrogen-bond donors (Lipinski definition) is 3. The molecule has 0 aromatic rings. The van der Waals surface area contributed by atoms with Crippen LogP contribution in [0.1, 0.15) is 33.1 Å². The van der Waals surface area contributed by atoms with Gasteiger partial charge < -0.3 is 16.0 Å². The first-order valence-corrected chi connectivity index (χ1v) is 5.79. The molecule has 4 heteroatoms. The summed E-state index contributed by atoms with van der Waals surface area (Å²) >= 11 is 0. The Balaban J connectivity index is 2.37. The maximum Gasteiger partial charge on any atom is 0.240 e. The Hall–Kier alpha value is -0.610. The van der Waals surface area contributed by atoms with E-state index in [1.165, 1.54) is 6.42 Å². The summed E-state index contributed by atoms with van der Waals surface area (Å²) < 4.78 is 0. The van der Waals surface area contributed by atoms with Crippen molar-refractivity contribution in [1.29, 1.82) is 0 Å². The van der Waals surface area contributed by atoms with Crippen LogP contribution < -0.4 is 16.0 Å². The largest absolute Gasteiger partial charge is 0.353 e. The van der Waals surface area contributed by atoms with E-state index in [-0.39, 0.29) is 11.4 Å². The van der Waals surface area contributed by atoms with E-state index in [1.54, 1.807) is 0 Å². The number of amides is 1. The smallest absolute Gasteiger partial charge is 0.240 e. The number of likely N-dealkylation sites (N-methyl/N-ethyl adjacent to an activating group) is 1. The first kappa shape index (κ1) is 12.5. The second-order valence-electron chi connectivity index (χ2n) is 4.62. The molecule has 0 aromatic carbocycles. The Bertz CT molecular complexity index is 212. The molecule has 0 saturated carbocycles. The standard InChI is InChI=1S/C11H23N3O/c1-9(12-3)8-13-10(15)11(2)6-4-5-7-14-11/h9,12,14H,4-8H2,1-3H3,(H,13,15). The van der Waals surface area contributed by atoms with Crippen LogP contribution in [0.2, 0.25) is 0 Å². The van der Waals surface area contributed by atoms with Crippen molar-refractivity contribution in [3.05, 3.63) is 0 Å². The quantitative estimate of drug-likeness (QED) is 0.627. The van der Waals surface area contributed by atoms with Gasteiger partial charge in [-0.2, -0.15) is 0 Å². The number of piperidine rings is 1. The third kappa shape index (κ3) is 3.47. The molecule has 1 amide bonds. The van der Waals surface area contributed by atoms with Crippen LogP contribution in [0.4, 0.5) is 0 Å². The van der Waals surface area contributed by atoms with E-state index in [1.807, 2.05) is 14.0 Å². The van der Waals surface area contributed by atoms with Crippen molar-refractivity contribution in [2.75, 3.05) is 20.1 Å². The normalized spacial score (nSPS) is 28.5. The number of nitrogens with one attached hydrogen (secondary N) is 3. The van der Waals surface area contributed by atoms with Crippen molar-refractivity contribution >= 4 is 5.91 Å². The van der Waals surface area contributed by atoms with E-state index in [0.717, 1.165) is 19.4 Å². The molecule has 2 unspecified atom stereocenters. The van der Waals surface area contributed by atoms with Gasteiger partial charge in [-0.3, -0.25) is 4.79 Å². The highest BCUT2D eigenvalue weighted by Crippen LogP contribution is 2.18. The van der Waals surface area contributed by atoms with Crippen LogP contribution in [0.15, 0.2) is 0 Å². The summed E-state index contributed by atoms with van der Waals surface area (Å²) in [6, 6.07) is 0.321. The highest BCUT2D eigenvalue weighted by atomic mass is 16.2. The van der Waals surface area contributed by atoms with Gasteiger partial charge in [0.2, 0.25) is 5.91 Å². The molecule has 88 valence electrons. The molecule has 1 fully saturated rings. The molecule has 3 N–H and O–H groups in total.